The number of nitrogens with zero attached hydrogens (tertiary/aromatic N) is 4. The summed E-state index contributed by atoms with van der Waals surface area (Å²) in [5.41, 5.74) is 1.20. The SMILES string of the molecule is CNC(CSc1nnnn1C1CC1)c1cccc(OC)c1. The third-order valence-corrected chi connectivity index (χ3v) is 4.61. The number of rotatable bonds is 7. The van der Waals surface area contributed by atoms with Crippen LogP contribution in [0.25, 0.3) is 0 Å². The Labute approximate surface area is 128 Å². The fourth-order valence-corrected chi connectivity index (χ4v) is 3.28. The van der Waals surface area contributed by atoms with Crippen LogP contribution in [-0.4, -0.2) is 40.1 Å². The summed E-state index contributed by atoms with van der Waals surface area (Å²) in [4.78, 5) is 0. The third kappa shape index (κ3) is 3.36. The Hall–Kier alpha value is -1.60. The molecule has 0 radical (unpaired) electrons. The molecular weight excluding hydrogens is 286 g/mol. The zero-order valence-corrected chi connectivity index (χ0v) is 13.0. The van der Waals surface area contributed by atoms with Crippen LogP contribution in [-0.2, 0) is 0 Å². The normalized spacial score (nSPS) is 15.9. The first-order valence-corrected chi connectivity index (χ1v) is 8.02. The van der Waals surface area contributed by atoms with Gasteiger partial charge in [-0.05, 0) is 48.0 Å². The lowest BCUT2D eigenvalue weighted by Gasteiger charge is -2.16. The van der Waals surface area contributed by atoms with E-state index in [0.29, 0.717) is 6.04 Å². The fraction of sp³-hybridized carbons (Fsp3) is 0.500. The largest absolute Gasteiger partial charge is 0.497 e. The number of aromatic nitrogens is 4. The minimum Gasteiger partial charge on any atom is -0.497 e. The number of methoxy groups -OCH3 is 1. The molecule has 0 amide bonds. The molecule has 21 heavy (non-hydrogen) atoms. The second-order valence-corrected chi connectivity index (χ2v) is 6.05. The van der Waals surface area contributed by atoms with Crippen molar-refractivity contribution in [3.8, 4) is 5.75 Å². The molecule has 0 spiro atoms. The predicted octanol–water partition coefficient (Wildman–Crippen LogP) is 2.07. The van der Waals surface area contributed by atoms with E-state index >= 15 is 0 Å². The van der Waals surface area contributed by atoms with Crippen LogP contribution in [0.3, 0.4) is 0 Å². The lowest BCUT2D eigenvalue weighted by Crippen LogP contribution is -2.19. The van der Waals surface area contributed by atoms with E-state index in [4.69, 9.17) is 4.74 Å². The Kier molecular flexibility index (Phi) is 4.40. The summed E-state index contributed by atoms with van der Waals surface area (Å²) in [5, 5.41) is 16.2. The molecule has 0 saturated heterocycles. The number of nitrogens with one attached hydrogen (secondary N) is 1. The third-order valence-electron chi connectivity index (χ3n) is 3.58. The average Bonchev–Trinajstić information content (AvgIpc) is 3.27. The van der Waals surface area contributed by atoms with Gasteiger partial charge in [-0.3, -0.25) is 0 Å². The Morgan fingerprint density at radius 1 is 1.48 bits per heavy atom. The van der Waals surface area contributed by atoms with E-state index in [9.17, 15) is 0 Å². The predicted molar refractivity (Wildman–Crippen MR) is 81.6 cm³/mol. The van der Waals surface area contributed by atoms with Crippen LogP contribution in [0.15, 0.2) is 29.4 Å². The van der Waals surface area contributed by atoms with E-state index in [1.807, 2.05) is 23.9 Å². The van der Waals surface area contributed by atoms with Crippen LogP contribution in [0.2, 0.25) is 0 Å². The maximum atomic E-state index is 5.29. The molecule has 1 fully saturated rings. The number of thioether (sulfide) groups is 1. The van der Waals surface area contributed by atoms with Gasteiger partial charge in [-0.2, -0.15) is 0 Å². The smallest absolute Gasteiger partial charge is 0.209 e. The molecule has 1 aromatic heterocycles. The monoisotopic (exact) mass is 305 g/mol. The van der Waals surface area contributed by atoms with Crippen molar-refractivity contribution in [1.29, 1.82) is 0 Å². The first-order chi connectivity index (χ1) is 10.3. The highest BCUT2D eigenvalue weighted by molar-refractivity contribution is 7.99. The Morgan fingerprint density at radius 2 is 2.33 bits per heavy atom. The van der Waals surface area contributed by atoms with Gasteiger partial charge in [-0.15, -0.1) is 5.10 Å². The van der Waals surface area contributed by atoms with E-state index in [0.717, 1.165) is 16.7 Å². The standard InChI is InChI=1S/C14H19N5OS/c1-15-13(10-4-3-5-12(8-10)20-2)9-21-14-16-17-18-19(14)11-6-7-11/h3-5,8,11,13,15H,6-7,9H2,1-2H3. The van der Waals surface area contributed by atoms with Crippen molar-refractivity contribution in [3.05, 3.63) is 29.8 Å². The minimum atomic E-state index is 0.231. The molecule has 1 atom stereocenters. The van der Waals surface area contributed by atoms with Crippen molar-refractivity contribution < 1.29 is 4.74 Å². The molecule has 1 saturated carbocycles. The van der Waals surface area contributed by atoms with Crippen molar-refractivity contribution in [3.63, 3.8) is 0 Å². The molecule has 112 valence electrons. The second-order valence-electron chi connectivity index (χ2n) is 5.07. The lowest BCUT2D eigenvalue weighted by molar-refractivity contribution is 0.413. The van der Waals surface area contributed by atoms with Gasteiger partial charge in [0.05, 0.1) is 13.2 Å². The molecule has 6 nitrogen and oxygen atoms in total. The van der Waals surface area contributed by atoms with Gasteiger partial charge in [0.15, 0.2) is 0 Å². The summed E-state index contributed by atoms with van der Waals surface area (Å²) in [6, 6.07) is 8.87. The highest BCUT2D eigenvalue weighted by Crippen LogP contribution is 2.37. The molecular formula is C14H19N5OS. The first-order valence-electron chi connectivity index (χ1n) is 7.03. The van der Waals surface area contributed by atoms with Crippen molar-refractivity contribution >= 4 is 11.8 Å². The lowest BCUT2D eigenvalue weighted by atomic mass is 10.1. The zero-order valence-electron chi connectivity index (χ0n) is 12.2. The zero-order chi connectivity index (χ0) is 14.7. The summed E-state index contributed by atoms with van der Waals surface area (Å²) in [6.07, 6.45) is 2.37. The molecule has 1 aromatic carbocycles. The molecule has 2 aromatic rings. The van der Waals surface area contributed by atoms with Crippen molar-refractivity contribution in [2.45, 2.75) is 30.1 Å². The van der Waals surface area contributed by atoms with Crippen molar-refractivity contribution in [1.82, 2.24) is 25.5 Å². The van der Waals surface area contributed by atoms with Gasteiger partial charge in [-0.1, -0.05) is 23.9 Å². The number of benzene rings is 1. The number of hydrogen-bond acceptors (Lipinski definition) is 6. The summed E-state index contributed by atoms with van der Waals surface area (Å²) in [7, 11) is 3.65. The van der Waals surface area contributed by atoms with Gasteiger partial charge < -0.3 is 10.1 Å². The minimum absolute atomic E-state index is 0.231. The highest BCUT2D eigenvalue weighted by Gasteiger charge is 2.28. The molecule has 1 aliphatic carbocycles. The second kappa shape index (κ2) is 6.44. The van der Waals surface area contributed by atoms with E-state index in [1.54, 1.807) is 18.9 Å². The van der Waals surface area contributed by atoms with Crippen LogP contribution in [0.4, 0.5) is 0 Å². The van der Waals surface area contributed by atoms with Crippen LogP contribution >= 0.6 is 11.8 Å². The Bertz CT molecular complexity index is 599. The van der Waals surface area contributed by atoms with Gasteiger partial charge in [0.1, 0.15) is 5.75 Å². The van der Waals surface area contributed by atoms with E-state index < -0.39 is 0 Å². The Balaban J connectivity index is 1.67. The molecule has 1 unspecified atom stereocenters. The molecule has 0 bridgehead atoms. The molecule has 1 N–H and O–H groups in total. The maximum absolute atomic E-state index is 5.29. The summed E-state index contributed by atoms with van der Waals surface area (Å²) in [6.45, 7) is 0. The van der Waals surface area contributed by atoms with Crippen LogP contribution in [0.1, 0.15) is 30.5 Å². The maximum Gasteiger partial charge on any atom is 0.209 e. The quantitative estimate of drug-likeness (QED) is 0.790. The van der Waals surface area contributed by atoms with Gasteiger partial charge in [0.2, 0.25) is 5.16 Å². The molecule has 3 rings (SSSR count). The average molecular weight is 305 g/mol. The van der Waals surface area contributed by atoms with E-state index in [-0.39, 0.29) is 6.04 Å². The first kappa shape index (κ1) is 14.3. The Morgan fingerprint density at radius 3 is 3.05 bits per heavy atom. The summed E-state index contributed by atoms with van der Waals surface area (Å²) < 4.78 is 7.24. The van der Waals surface area contributed by atoms with Crippen LogP contribution in [0.5, 0.6) is 5.75 Å². The molecule has 7 heteroatoms. The van der Waals surface area contributed by atoms with Gasteiger partial charge in [-0.25, -0.2) is 4.68 Å². The molecule has 1 heterocycles. The molecule has 1 aliphatic rings. The van der Waals surface area contributed by atoms with Gasteiger partial charge in [0.25, 0.3) is 0 Å². The fourth-order valence-electron chi connectivity index (χ4n) is 2.19. The highest BCUT2D eigenvalue weighted by atomic mass is 32.2. The van der Waals surface area contributed by atoms with E-state index in [1.165, 1.54) is 18.4 Å². The van der Waals surface area contributed by atoms with E-state index in [2.05, 4.69) is 33.0 Å². The van der Waals surface area contributed by atoms with Gasteiger partial charge in [0, 0.05) is 11.8 Å². The number of ether oxygens (including phenoxy) is 1. The van der Waals surface area contributed by atoms with Gasteiger partial charge >= 0.3 is 0 Å². The summed E-state index contributed by atoms with van der Waals surface area (Å²) in [5.74, 6) is 1.75. The number of hydrogen-bond donors (Lipinski definition) is 1. The topological polar surface area (TPSA) is 64.9 Å². The van der Waals surface area contributed by atoms with Crippen LogP contribution in [0, 0.1) is 0 Å². The van der Waals surface area contributed by atoms with Crippen LogP contribution < -0.4 is 10.1 Å². The number of tetrazole rings is 1. The molecule has 0 aliphatic heterocycles. The summed E-state index contributed by atoms with van der Waals surface area (Å²) >= 11 is 1.69. The van der Waals surface area contributed by atoms with Crippen molar-refractivity contribution in [2.24, 2.45) is 0 Å². The van der Waals surface area contributed by atoms with Crippen molar-refractivity contribution in [2.75, 3.05) is 19.9 Å².